The molecule has 0 saturated carbocycles. The van der Waals surface area contributed by atoms with Gasteiger partial charge in [0.25, 0.3) is 0 Å². The third kappa shape index (κ3) is 4.05. The van der Waals surface area contributed by atoms with E-state index in [1.165, 1.54) is 5.56 Å². The summed E-state index contributed by atoms with van der Waals surface area (Å²) in [6.07, 6.45) is 0. The molecule has 0 unspecified atom stereocenters. The zero-order chi connectivity index (χ0) is 15.5. The molecule has 0 bridgehead atoms. The third-order valence-corrected chi connectivity index (χ3v) is 3.68. The molecule has 1 N–H and O–H groups in total. The van der Waals surface area contributed by atoms with Gasteiger partial charge in [-0.2, -0.15) is 0 Å². The summed E-state index contributed by atoms with van der Waals surface area (Å²) in [6.45, 7) is 6.61. The lowest BCUT2D eigenvalue weighted by atomic mass is 9.87. The van der Waals surface area contributed by atoms with Crippen LogP contribution in [0.2, 0.25) is 0 Å². The van der Waals surface area contributed by atoms with Crippen molar-refractivity contribution in [2.45, 2.75) is 26.2 Å². The van der Waals surface area contributed by atoms with Crippen LogP contribution in [0.1, 0.15) is 31.9 Å². The molecule has 2 rings (SSSR count). The maximum absolute atomic E-state index is 5.45. The Morgan fingerprint density at radius 2 is 1.71 bits per heavy atom. The van der Waals surface area contributed by atoms with Gasteiger partial charge in [0.05, 0.1) is 7.11 Å². The van der Waals surface area contributed by atoms with E-state index in [1.807, 2.05) is 24.3 Å². The smallest absolute Gasteiger partial charge is 0.119 e. The monoisotopic (exact) mass is 299 g/mol. The summed E-state index contributed by atoms with van der Waals surface area (Å²) in [5.41, 5.74) is 3.41. The zero-order valence-electron chi connectivity index (χ0n) is 12.9. The Bertz CT molecular complexity index is 626. The minimum absolute atomic E-state index is 0.159. The fourth-order valence-corrected chi connectivity index (χ4v) is 2.27. The summed E-state index contributed by atoms with van der Waals surface area (Å²) < 4.78 is 5.22. The lowest BCUT2D eigenvalue weighted by molar-refractivity contribution is 0.414. The van der Waals surface area contributed by atoms with Crippen LogP contribution in [0.25, 0.3) is 0 Å². The lowest BCUT2D eigenvalue weighted by Gasteiger charge is -2.19. The average Bonchev–Trinajstić information content (AvgIpc) is 2.47. The van der Waals surface area contributed by atoms with E-state index in [0.717, 1.165) is 17.0 Å². The topological polar surface area (TPSA) is 21.3 Å². The molecule has 110 valence electrons. The minimum Gasteiger partial charge on any atom is -0.497 e. The third-order valence-electron chi connectivity index (χ3n) is 3.34. The number of rotatable bonds is 3. The summed E-state index contributed by atoms with van der Waals surface area (Å²) in [5, 5.41) is 3.26. The van der Waals surface area contributed by atoms with Crippen molar-refractivity contribution in [3.8, 4) is 5.75 Å². The molecule has 0 fully saturated rings. The van der Waals surface area contributed by atoms with Gasteiger partial charge in [0.15, 0.2) is 0 Å². The van der Waals surface area contributed by atoms with E-state index in [4.69, 9.17) is 17.0 Å². The number of nitrogens with one attached hydrogen (secondary N) is 1. The van der Waals surface area contributed by atoms with Crippen molar-refractivity contribution in [2.75, 3.05) is 12.4 Å². The van der Waals surface area contributed by atoms with Crippen molar-refractivity contribution in [2.24, 2.45) is 0 Å². The van der Waals surface area contributed by atoms with Gasteiger partial charge in [0.2, 0.25) is 0 Å². The van der Waals surface area contributed by atoms with Gasteiger partial charge in [0.1, 0.15) is 10.7 Å². The number of methoxy groups -OCH3 is 1. The van der Waals surface area contributed by atoms with Crippen LogP contribution < -0.4 is 10.1 Å². The number of ether oxygens (including phenoxy) is 1. The number of hydrogen-bond acceptors (Lipinski definition) is 2. The van der Waals surface area contributed by atoms with Crippen molar-refractivity contribution in [3.05, 3.63) is 59.7 Å². The fourth-order valence-electron chi connectivity index (χ4n) is 2.02. The number of thiocarbonyl (C=S) groups is 1. The van der Waals surface area contributed by atoms with Gasteiger partial charge in [-0.15, -0.1) is 0 Å². The standard InChI is InChI=1S/C18H21NOS/c1-18(2,3)14-8-10-15(11-9-14)19-17(21)13-6-5-7-16(12-13)20-4/h5-12H,1-4H3,(H,19,21). The van der Waals surface area contributed by atoms with Gasteiger partial charge in [-0.05, 0) is 35.2 Å². The van der Waals surface area contributed by atoms with E-state index >= 15 is 0 Å². The van der Waals surface area contributed by atoms with Crippen molar-refractivity contribution in [3.63, 3.8) is 0 Å². The highest BCUT2D eigenvalue weighted by molar-refractivity contribution is 7.81. The molecular formula is C18H21NOS. The predicted octanol–water partition coefficient (Wildman–Crippen LogP) is 4.78. The SMILES string of the molecule is COc1cccc(C(=S)Nc2ccc(C(C)(C)C)cc2)c1. The molecule has 2 aromatic rings. The van der Waals surface area contributed by atoms with E-state index < -0.39 is 0 Å². The van der Waals surface area contributed by atoms with Crippen molar-refractivity contribution >= 4 is 22.9 Å². The molecule has 0 saturated heterocycles. The second kappa shape index (κ2) is 6.27. The van der Waals surface area contributed by atoms with Gasteiger partial charge in [-0.3, -0.25) is 0 Å². The Labute approximate surface area is 132 Å². The van der Waals surface area contributed by atoms with Crippen LogP contribution in [0.4, 0.5) is 5.69 Å². The highest BCUT2D eigenvalue weighted by Crippen LogP contribution is 2.24. The van der Waals surface area contributed by atoms with Gasteiger partial charge in [-0.1, -0.05) is 57.3 Å². The van der Waals surface area contributed by atoms with E-state index in [0.29, 0.717) is 4.99 Å². The molecule has 21 heavy (non-hydrogen) atoms. The Kier molecular flexibility index (Phi) is 4.63. The fraction of sp³-hybridized carbons (Fsp3) is 0.278. The number of hydrogen-bond donors (Lipinski definition) is 1. The molecular weight excluding hydrogens is 278 g/mol. The Morgan fingerprint density at radius 1 is 1.05 bits per heavy atom. The molecule has 0 atom stereocenters. The second-order valence-corrected chi connectivity index (χ2v) is 6.42. The highest BCUT2D eigenvalue weighted by Gasteiger charge is 2.13. The van der Waals surface area contributed by atoms with E-state index in [9.17, 15) is 0 Å². The maximum atomic E-state index is 5.45. The molecule has 2 aromatic carbocycles. The molecule has 3 heteroatoms. The highest BCUT2D eigenvalue weighted by atomic mass is 32.1. The van der Waals surface area contributed by atoms with Crippen LogP contribution in [-0.2, 0) is 5.41 Å². The van der Waals surface area contributed by atoms with Crippen LogP contribution in [0.5, 0.6) is 5.75 Å². The van der Waals surface area contributed by atoms with Gasteiger partial charge < -0.3 is 10.1 Å². The normalized spacial score (nSPS) is 11.0. The first kappa shape index (κ1) is 15.5. The van der Waals surface area contributed by atoms with Crippen LogP contribution in [-0.4, -0.2) is 12.1 Å². The first-order valence-corrected chi connectivity index (χ1v) is 7.37. The first-order chi connectivity index (χ1) is 9.90. The molecule has 0 aliphatic heterocycles. The summed E-state index contributed by atoms with van der Waals surface area (Å²) in [4.78, 5) is 0.692. The molecule has 0 radical (unpaired) electrons. The Hall–Kier alpha value is -1.87. The largest absolute Gasteiger partial charge is 0.497 e. The van der Waals surface area contributed by atoms with Crippen molar-refractivity contribution in [1.29, 1.82) is 0 Å². The van der Waals surface area contributed by atoms with Crippen LogP contribution in [0.15, 0.2) is 48.5 Å². The molecule has 0 amide bonds. The first-order valence-electron chi connectivity index (χ1n) is 6.96. The molecule has 0 spiro atoms. The average molecular weight is 299 g/mol. The van der Waals surface area contributed by atoms with Gasteiger partial charge in [0, 0.05) is 11.3 Å². The summed E-state index contributed by atoms with van der Waals surface area (Å²) in [7, 11) is 1.65. The van der Waals surface area contributed by atoms with E-state index in [1.54, 1.807) is 7.11 Å². The molecule has 0 aliphatic carbocycles. The zero-order valence-corrected chi connectivity index (χ0v) is 13.8. The molecule has 2 nitrogen and oxygen atoms in total. The van der Waals surface area contributed by atoms with Crippen molar-refractivity contribution in [1.82, 2.24) is 0 Å². The summed E-state index contributed by atoms with van der Waals surface area (Å²) in [6, 6.07) is 16.1. The van der Waals surface area contributed by atoms with E-state index in [2.05, 4.69) is 50.4 Å². The molecule has 0 aromatic heterocycles. The van der Waals surface area contributed by atoms with Crippen LogP contribution in [0, 0.1) is 0 Å². The van der Waals surface area contributed by atoms with Crippen molar-refractivity contribution < 1.29 is 4.74 Å². The summed E-state index contributed by atoms with van der Waals surface area (Å²) in [5.74, 6) is 0.805. The van der Waals surface area contributed by atoms with Crippen LogP contribution >= 0.6 is 12.2 Å². The molecule has 0 heterocycles. The van der Waals surface area contributed by atoms with Gasteiger partial charge in [-0.25, -0.2) is 0 Å². The predicted molar refractivity (Wildman–Crippen MR) is 93.5 cm³/mol. The molecule has 0 aliphatic rings. The Balaban J connectivity index is 2.12. The second-order valence-electron chi connectivity index (χ2n) is 6.01. The van der Waals surface area contributed by atoms with E-state index in [-0.39, 0.29) is 5.41 Å². The lowest BCUT2D eigenvalue weighted by Crippen LogP contribution is -2.13. The maximum Gasteiger partial charge on any atom is 0.119 e. The minimum atomic E-state index is 0.159. The van der Waals surface area contributed by atoms with Crippen LogP contribution in [0.3, 0.4) is 0 Å². The number of anilines is 1. The van der Waals surface area contributed by atoms with Gasteiger partial charge >= 0.3 is 0 Å². The quantitative estimate of drug-likeness (QED) is 0.824. The Morgan fingerprint density at radius 3 is 2.29 bits per heavy atom. The summed E-state index contributed by atoms with van der Waals surface area (Å²) >= 11 is 5.45. The number of benzene rings is 2.